The number of nitrogens with one attached hydrogen (secondary N) is 1. The third-order valence-electron chi connectivity index (χ3n) is 4.35. The summed E-state index contributed by atoms with van der Waals surface area (Å²) in [5.74, 6) is -0.207. The number of aryl methyl sites for hydroxylation is 1. The van der Waals surface area contributed by atoms with E-state index in [1.807, 2.05) is 5.38 Å². The summed E-state index contributed by atoms with van der Waals surface area (Å²) in [6, 6.07) is 12.0. The molecule has 3 heterocycles. The fraction of sp³-hybridized carbons (Fsp3) is 0.200. The summed E-state index contributed by atoms with van der Waals surface area (Å²) in [6.45, 7) is 2.20. The Kier molecular flexibility index (Phi) is 4.93. The monoisotopic (exact) mass is 377 g/mol. The van der Waals surface area contributed by atoms with Gasteiger partial charge in [-0.2, -0.15) is 0 Å². The molecule has 27 heavy (non-hydrogen) atoms. The molecule has 0 aliphatic heterocycles. The first kappa shape index (κ1) is 17.4. The summed E-state index contributed by atoms with van der Waals surface area (Å²) in [7, 11) is 0. The molecule has 4 rings (SSSR count). The zero-order valence-corrected chi connectivity index (χ0v) is 15.7. The van der Waals surface area contributed by atoms with Gasteiger partial charge in [-0.15, -0.1) is 21.5 Å². The number of carbonyl (C=O) groups excluding carboxylic acids is 1. The van der Waals surface area contributed by atoms with E-state index in [4.69, 9.17) is 0 Å². The Morgan fingerprint density at radius 3 is 2.85 bits per heavy atom. The number of pyridine rings is 1. The first-order chi connectivity index (χ1) is 13.2. The normalized spacial score (nSPS) is 11.0. The van der Waals surface area contributed by atoms with Gasteiger partial charge in [-0.05, 0) is 30.5 Å². The van der Waals surface area contributed by atoms with Gasteiger partial charge >= 0.3 is 0 Å². The number of aromatic nitrogens is 4. The molecule has 6 nitrogen and oxygen atoms in total. The van der Waals surface area contributed by atoms with E-state index in [1.165, 1.54) is 29.7 Å². The van der Waals surface area contributed by atoms with Gasteiger partial charge in [0.05, 0.1) is 11.3 Å². The standard InChI is InChI=1S/C20H19N5OS/c1-2-3-4-14-5-7-15(8-6-14)17-12-27-20(22-17)23-19(26)16-9-10-18-24-21-13-25(18)11-16/h5-13H,2-4H2,1H3,(H,22,23,26). The number of hydrogen-bond donors (Lipinski definition) is 1. The predicted molar refractivity (Wildman–Crippen MR) is 107 cm³/mol. The van der Waals surface area contributed by atoms with Crippen molar-refractivity contribution in [1.82, 2.24) is 19.6 Å². The second-order valence-corrected chi connectivity index (χ2v) is 7.16. The maximum absolute atomic E-state index is 12.5. The lowest BCUT2D eigenvalue weighted by molar-refractivity contribution is 0.102. The van der Waals surface area contributed by atoms with Gasteiger partial charge < -0.3 is 0 Å². The predicted octanol–water partition coefficient (Wildman–Crippen LogP) is 4.45. The molecule has 0 spiro atoms. The van der Waals surface area contributed by atoms with Crippen molar-refractivity contribution < 1.29 is 4.79 Å². The SMILES string of the molecule is CCCCc1ccc(-c2csc(NC(=O)c3ccc4nncn4c3)n2)cc1. The van der Waals surface area contributed by atoms with Crippen LogP contribution in [-0.4, -0.2) is 25.5 Å². The summed E-state index contributed by atoms with van der Waals surface area (Å²) >= 11 is 1.42. The number of carbonyl (C=O) groups is 1. The Hall–Kier alpha value is -3.06. The minimum absolute atomic E-state index is 0.207. The number of nitrogens with zero attached hydrogens (tertiary/aromatic N) is 4. The molecule has 1 N–H and O–H groups in total. The molecule has 0 radical (unpaired) electrons. The molecule has 3 aromatic heterocycles. The highest BCUT2D eigenvalue weighted by atomic mass is 32.1. The highest BCUT2D eigenvalue weighted by molar-refractivity contribution is 7.14. The Bertz CT molecular complexity index is 1070. The van der Waals surface area contributed by atoms with Gasteiger partial charge in [0, 0.05) is 17.1 Å². The molecule has 0 aliphatic rings. The fourth-order valence-corrected chi connectivity index (χ4v) is 3.53. The van der Waals surface area contributed by atoms with Crippen LogP contribution in [0.5, 0.6) is 0 Å². The lowest BCUT2D eigenvalue weighted by atomic mass is 10.1. The summed E-state index contributed by atoms with van der Waals surface area (Å²) in [5.41, 5.74) is 4.49. The van der Waals surface area contributed by atoms with Crippen LogP contribution in [0.2, 0.25) is 0 Å². The topological polar surface area (TPSA) is 72.2 Å². The molecule has 1 aromatic carbocycles. The fourth-order valence-electron chi connectivity index (χ4n) is 2.82. The second-order valence-electron chi connectivity index (χ2n) is 6.31. The van der Waals surface area contributed by atoms with E-state index < -0.39 is 0 Å². The number of anilines is 1. The number of hydrogen-bond acceptors (Lipinski definition) is 5. The molecule has 0 unspecified atom stereocenters. The van der Waals surface area contributed by atoms with Gasteiger partial charge in [-0.1, -0.05) is 37.6 Å². The molecule has 136 valence electrons. The van der Waals surface area contributed by atoms with Crippen molar-refractivity contribution in [2.24, 2.45) is 0 Å². The first-order valence-corrected chi connectivity index (χ1v) is 9.76. The Labute approximate surface area is 160 Å². The molecule has 0 saturated heterocycles. The van der Waals surface area contributed by atoms with Crippen LogP contribution >= 0.6 is 11.3 Å². The Morgan fingerprint density at radius 2 is 2.04 bits per heavy atom. The van der Waals surface area contributed by atoms with Crippen molar-refractivity contribution in [3.05, 3.63) is 65.4 Å². The maximum Gasteiger partial charge on any atom is 0.258 e. The molecule has 0 fully saturated rings. The summed E-state index contributed by atoms with van der Waals surface area (Å²) < 4.78 is 1.71. The molecule has 4 aromatic rings. The molecule has 0 atom stereocenters. The van der Waals surface area contributed by atoms with Crippen LogP contribution in [0.1, 0.15) is 35.7 Å². The van der Waals surface area contributed by atoms with Crippen molar-refractivity contribution in [1.29, 1.82) is 0 Å². The van der Waals surface area contributed by atoms with Gasteiger partial charge in [-0.25, -0.2) is 4.98 Å². The van der Waals surface area contributed by atoms with Crippen LogP contribution in [0.3, 0.4) is 0 Å². The van der Waals surface area contributed by atoms with Gasteiger partial charge in [-0.3, -0.25) is 14.5 Å². The minimum atomic E-state index is -0.207. The lowest BCUT2D eigenvalue weighted by Crippen LogP contribution is -2.12. The Balaban J connectivity index is 1.46. The van der Waals surface area contributed by atoms with Crippen LogP contribution in [0, 0.1) is 0 Å². The van der Waals surface area contributed by atoms with E-state index in [-0.39, 0.29) is 5.91 Å². The molecular weight excluding hydrogens is 358 g/mol. The van der Waals surface area contributed by atoms with Gasteiger partial charge in [0.25, 0.3) is 5.91 Å². The molecule has 0 saturated carbocycles. The van der Waals surface area contributed by atoms with Crippen molar-refractivity contribution >= 4 is 28.0 Å². The highest BCUT2D eigenvalue weighted by Gasteiger charge is 2.11. The number of benzene rings is 1. The number of thiazole rings is 1. The molecule has 7 heteroatoms. The summed E-state index contributed by atoms with van der Waals surface area (Å²) in [5, 5.41) is 13.1. The van der Waals surface area contributed by atoms with Crippen LogP contribution < -0.4 is 5.32 Å². The average molecular weight is 377 g/mol. The van der Waals surface area contributed by atoms with E-state index in [2.05, 4.69) is 51.7 Å². The number of rotatable bonds is 6. The van der Waals surface area contributed by atoms with Crippen molar-refractivity contribution in [3.8, 4) is 11.3 Å². The van der Waals surface area contributed by atoms with Crippen LogP contribution in [0.4, 0.5) is 5.13 Å². The van der Waals surface area contributed by atoms with Crippen LogP contribution in [0.15, 0.2) is 54.3 Å². The van der Waals surface area contributed by atoms with E-state index in [1.54, 1.807) is 29.1 Å². The third-order valence-corrected chi connectivity index (χ3v) is 5.10. The minimum Gasteiger partial charge on any atom is -0.298 e. The van der Waals surface area contributed by atoms with Gasteiger partial charge in [0.1, 0.15) is 6.33 Å². The number of amides is 1. The highest BCUT2D eigenvalue weighted by Crippen LogP contribution is 2.25. The van der Waals surface area contributed by atoms with E-state index >= 15 is 0 Å². The summed E-state index contributed by atoms with van der Waals surface area (Å²) in [4.78, 5) is 17.0. The van der Waals surface area contributed by atoms with Crippen molar-refractivity contribution in [2.75, 3.05) is 5.32 Å². The van der Waals surface area contributed by atoms with E-state index in [0.29, 0.717) is 16.3 Å². The third kappa shape index (κ3) is 3.88. The summed E-state index contributed by atoms with van der Waals surface area (Å²) in [6.07, 6.45) is 6.77. The molecule has 1 amide bonds. The van der Waals surface area contributed by atoms with Crippen molar-refractivity contribution in [2.45, 2.75) is 26.2 Å². The number of unbranched alkanes of at least 4 members (excludes halogenated alkanes) is 1. The smallest absolute Gasteiger partial charge is 0.258 e. The van der Waals surface area contributed by atoms with Crippen molar-refractivity contribution in [3.63, 3.8) is 0 Å². The Morgan fingerprint density at radius 1 is 1.19 bits per heavy atom. The first-order valence-electron chi connectivity index (χ1n) is 8.88. The zero-order chi connectivity index (χ0) is 18.6. The second kappa shape index (κ2) is 7.67. The van der Waals surface area contributed by atoms with Gasteiger partial charge in [0.15, 0.2) is 10.8 Å². The van der Waals surface area contributed by atoms with E-state index in [9.17, 15) is 4.79 Å². The maximum atomic E-state index is 12.5. The molecule has 0 bridgehead atoms. The quantitative estimate of drug-likeness (QED) is 0.539. The number of fused-ring (bicyclic) bond motifs is 1. The largest absolute Gasteiger partial charge is 0.298 e. The molecule has 0 aliphatic carbocycles. The molecular formula is C20H19N5OS. The van der Waals surface area contributed by atoms with E-state index in [0.717, 1.165) is 17.7 Å². The lowest BCUT2D eigenvalue weighted by Gasteiger charge is -2.03. The van der Waals surface area contributed by atoms with Gasteiger partial charge in [0.2, 0.25) is 0 Å². The average Bonchev–Trinajstić information content (AvgIpc) is 3.35. The van der Waals surface area contributed by atoms with Crippen LogP contribution in [0.25, 0.3) is 16.9 Å². The zero-order valence-electron chi connectivity index (χ0n) is 14.9. The van der Waals surface area contributed by atoms with Crippen LogP contribution in [-0.2, 0) is 6.42 Å².